The second-order valence-electron chi connectivity index (χ2n) is 6.71. The molecule has 1 fully saturated rings. The van der Waals surface area contributed by atoms with Gasteiger partial charge in [0.25, 0.3) is 0 Å². The molecule has 1 atom stereocenters. The molecule has 4 nitrogen and oxygen atoms in total. The number of carbonyl (C=O) groups excluding carboxylic acids is 1. The third kappa shape index (κ3) is 6.27. The van der Waals surface area contributed by atoms with Crippen LogP contribution in [0.2, 0.25) is 0 Å². The van der Waals surface area contributed by atoms with Gasteiger partial charge >= 0.3 is 6.36 Å². The molecular formula is C21H22F3NO3. The third-order valence-electron chi connectivity index (χ3n) is 4.58. The van der Waals surface area contributed by atoms with Gasteiger partial charge in [-0.2, -0.15) is 0 Å². The molecule has 1 amide bonds. The normalized spacial score (nSPS) is 17.4. The molecule has 0 bridgehead atoms. The van der Waals surface area contributed by atoms with Crippen LogP contribution in [0.3, 0.4) is 0 Å². The van der Waals surface area contributed by atoms with Crippen molar-refractivity contribution in [3.05, 3.63) is 65.7 Å². The first-order chi connectivity index (χ1) is 13.4. The molecule has 2 aromatic carbocycles. The molecule has 1 aliphatic heterocycles. The van der Waals surface area contributed by atoms with E-state index in [-0.39, 0.29) is 17.8 Å². The number of hydrogen-bond donors (Lipinski definition) is 0. The average molecular weight is 393 g/mol. The minimum absolute atomic E-state index is 0.0250. The summed E-state index contributed by atoms with van der Waals surface area (Å²) in [5, 5.41) is 0. The predicted molar refractivity (Wildman–Crippen MR) is 97.9 cm³/mol. The maximum absolute atomic E-state index is 12.5. The van der Waals surface area contributed by atoms with Gasteiger partial charge in [0.05, 0.1) is 12.7 Å². The van der Waals surface area contributed by atoms with Crippen LogP contribution in [0, 0.1) is 0 Å². The van der Waals surface area contributed by atoms with Gasteiger partial charge in [-0.3, -0.25) is 4.79 Å². The number of amides is 1. The molecule has 3 rings (SSSR count). The zero-order valence-electron chi connectivity index (χ0n) is 15.3. The quantitative estimate of drug-likeness (QED) is 0.745. The Balaban J connectivity index is 1.47. The molecule has 0 unspecified atom stereocenters. The van der Waals surface area contributed by atoms with E-state index in [1.807, 2.05) is 30.3 Å². The lowest BCUT2D eigenvalue weighted by atomic mass is 10.1. The number of halogens is 3. The summed E-state index contributed by atoms with van der Waals surface area (Å²) in [7, 11) is 0. The van der Waals surface area contributed by atoms with Gasteiger partial charge in [0.2, 0.25) is 5.91 Å². The Morgan fingerprint density at radius 3 is 2.46 bits per heavy atom. The second-order valence-corrected chi connectivity index (χ2v) is 6.71. The lowest BCUT2D eigenvalue weighted by Crippen LogP contribution is -2.46. The van der Waals surface area contributed by atoms with Crippen LogP contribution in [0.4, 0.5) is 13.2 Å². The van der Waals surface area contributed by atoms with Gasteiger partial charge in [-0.1, -0.05) is 42.5 Å². The molecule has 0 N–H and O–H groups in total. The van der Waals surface area contributed by atoms with Crippen LogP contribution in [-0.4, -0.2) is 43.0 Å². The van der Waals surface area contributed by atoms with Crippen molar-refractivity contribution in [2.45, 2.75) is 31.7 Å². The first-order valence-electron chi connectivity index (χ1n) is 9.17. The van der Waals surface area contributed by atoms with Crippen LogP contribution in [0.15, 0.2) is 54.6 Å². The molecule has 1 heterocycles. The summed E-state index contributed by atoms with van der Waals surface area (Å²) in [6, 6.07) is 15.6. The highest BCUT2D eigenvalue weighted by molar-refractivity contribution is 5.76. The number of morpholine rings is 1. The van der Waals surface area contributed by atoms with Crippen molar-refractivity contribution in [3.63, 3.8) is 0 Å². The van der Waals surface area contributed by atoms with Crippen LogP contribution in [0.5, 0.6) is 5.75 Å². The molecule has 28 heavy (non-hydrogen) atoms. The molecule has 0 aromatic heterocycles. The molecular weight excluding hydrogens is 371 g/mol. The highest BCUT2D eigenvalue weighted by Gasteiger charge is 2.31. The molecule has 7 heteroatoms. The number of hydrogen-bond acceptors (Lipinski definition) is 3. The topological polar surface area (TPSA) is 38.8 Å². The van der Waals surface area contributed by atoms with E-state index in [1.54, 1.807) is 17.0 Å². The van der Waals surface area contributed by atoms with E-state index in [0.717, 1.165) is 12.0 Å². The molecule has 1 aliphatic rings. The molecule has 150 valence electrons. The number of benzene rings is 2. The van der Waals surface area contributed by atoms with Crippen LogP contribution < -0.4 is 4.74 Å². The van der Waals surface area contributed by atoms with E-state index in [4.69, 9.17) is 4.74 Å². The van der Waals surface area contributed by atoms with Gasteiger partial charge in [0.15, 0.2) is 0 Å². The highest BCUT2D eigenvalue weighted by atomic mass is 19.4. The Morgan fingerprint density at radius 2 is 1.79 bits per heavy atom. The number of carbonyl (C=O) groups is 1. The Bertz CT molecular complexity index is 763. The maximum Gasteiger partial charge on any atom is 0.573 e. The minimum Gasteiger partial charge on any atom is -0.406 e. The summed E-state index contributed by atoms with van der Waals surface area (Å²) >= 11 is 0. The Hall–Kier alpha value is -2.54. The first-order valence-corrected chi connectivity index (χ1v) is 9.17. The van der Waals surface area contributed by atoms with E-state index in [2.05, 4.69) is 4.74 Å². The standard InChI is InChI=1S/C21H22F3NO3/c22-21(23,24)28-18-9-6-16(7-10-18)8-11-20(26)25-12-13-27-19(15-25)14-17-4-2-1-3-5-17/h1-7,9-10,19H,8,11-15H2/t19-/m1/s1. The number of rotatable bonds is 6. The summed E-state index contributed by atoms with van der Waals surface area (Å²) in [5.41, 5.74) is 1.96. The van der Waals surface area contributed by atoms with E-state index < -0.39 is 6.36 Å². The van der Waals surface area contributed by atoms with Gasteiger partial charge in [-0.25, -0.2) is 0 Å². The number of ether oxygens (including phenoxy) is 2. The predicted octanol–water partition coefficient (Wildman–Crippen LogP) is 3.99. The molecule has 0 spiro atoms. The average Bonchev–Trinajstić information content (AvgIpc) is 2.67. The third-order valence-corrected chi connectivity index (χ3v) is 4.58. The molecule has 0 radical (unpaired) electrons. The highest BCUT2D eigenvalue weighted by Crippen LogP contribution is 2.23. The van der Waals surface area contributed by atoms with E-state index in [9.17, 15) is 18.0 Å². The van der Waals surface area contributed by atoms with Crippen molar-refractivity contribution >= 4 is 5.91 Å². The van der Waals surface area contributed by atoms with Crippen LogP contribution in [0.1, 0.15) is 17.5 Å². The van der Waals surface area contributed by atoms with Gasteiger partial charge in [-0.15, -0.1) is 13.2 Å². The second kappa shape index (κ2) is 9.10. The van der Waals surface area contributed by atoms with Crippen LogP contribution >= 0.6 is 0 Å². The van der Waals surface area contributed by atoms with Crippen molar-refractivity contribution in [1.29, 1.82) is 0 Å². The largest absolute Gasteiger partial charge is 0.573 e. The summed E-state index contributed by atoms with van der Waals surface area (Å²) in [5.74, 6) is -0.239. The number of alkyl halides is 3. The van der Waals surface area contributed by atoms with E-state index in [0.29, 0.717) is 32.5 Å². The fraction of sp³-hybridized carbons (Fsp3) is 0.381. The van der Waals surface area contributed by atoms with Crippen LogP contribution in [-0.2, 0) is 22.4 Å². The first kappa shape index (κ1) is 20.2. The van der Waals surface area contributed by atoms with Gasteiger partial charge in [0, 0.05) is 25.9 Å². The van der Waals surface area contributed by atoms with Gasteiger partial charge < -0.3 is 14.4 Å². The van der Waals surface area contributed by atoms with Crippen molar-refractivity contribution in [2.24, 2.45) is 0 Å². The Labute approximate surface area is 161 Å². The molecule has 0 saturated carbocycles. The summed E-state index contributed by atoms with van der Waals surface area (Å²) in [6.07, 6.45) is -3.21. The summed E-state index contributed by atoms with van der Waals surface area (Å²) in [4.78, 5) is 14.3. The smallest absolute Gasteiger partial charge is 0.406 e. The fourth-order valence-electron chi connectivity index (χ4n) is 3.21. The summed E-state index contributed by atoms with van der Waals surface area (Å²) < 4.78 is 46.2. The van der Waals surface area contributed by atoms with Crippen molar-refractivity contribution in [1.82, 2.24) is 4.90 Å². The van der Waals surface area contributed by atoms with Gasteiger partial charge in [0.1, 0.15) is 5.75 Å². The lowest BCUT2D eigenvalue weighted by molar-refractivity contribution is -0.274. The number of nitrogens with zero attached hydrogens (tertiary/aromatic N) is 1. The van der Waals surface area contributed by atoms with Crippen molar-refractivity contribution in [3.8, 4) is 5.75 Å². The lowest BCUT2D eigenvalue weighted by Gasteiger charge is -2.33. The summed E-state index contributed by atoms with van der Waals surface area (Å²) in [6.45, 7) is 1.61. The SMILES string of the molecule is O=C(CCc1ccc(OC(F)(F)F)cc1)N1CCO[C@H](Cc2ccccc2)C1. The van der Waals surface area contributed by atoms with Crippen LogP contribution in [0.25, 0.3) is 0 Å². The van der Waals surface area contributed by atoms with E-state index >= 15 is 0 Å². The minimum atomic E-state index is -4.70. The number of aryl methyl sites for hydroxylation is 1. The van der Waals surface area contributed by atoms with E-state index in [1.165, 1.54) is 17.7 Å². The Kier molecular flexibility index (Phi) is 6.57. The monoisotopic (exact) mass is 393 g/mol. The zero-order valence-corrected chi connectivity index (χ0v) is 15.3. The molecule has 2 aromatic rings. The maximum atomic E-state index is 12.5. The van der Waals surface area contributed by atoms with Crippen molar-refractivity contribution in [2.75, 3.05) is 19.7 Å². The Morgan fingerprint density at radius 1 is 1.07 bits per heavy atom. The van der Waals surface area contributed by atoms with Crippen molar-refractivity contribution < 1.29 is 27.4 Å². The van der Waals surface area contributed by atoms with Gasteiger partial charge in [-0.05, 0) is 29.7 Å². The fourth-order valence-corrected chi connectivity index (χ4v) is 3.21. The molecule has 1 saturated heterocycles. The zero-order chi connectivity index (χ0) is 20.0. The molecule has 0 aliphatic carbocycles.